The molecule has 2 rings (SSSR count). The Hall–Kier alpha value is -1.22. The second-order valence-corrected chi connectivity index (χ2v) is 5.59. The molecule has 0 unspecified atom stereocenters. The van der Waals surface area contributed by atoms with Gasteiger partial charge in [0.2, 0.25) is 0 Å². The monoisotopic (exact) mass is 233 g/mol. The van der Waals surface area contributed by atoms with E-state index in [-0.39, 0.29) is 0 Å². The summed E-state index contributed by atoms with van der Waals surface area (Å²) in [6.07, 6.45) is 2.53. The number of nitrogen functional groups attached to an aromatic ring is 1. The van der Waals surface area contributed by atoms with Crippen LogP contribution in [0.15, 0.2) is 24.3 Å². The van der Waals surface area contributed by atoms with Crippen LogP contribution in [0.4, 0.5) is 11.4 Å². The van der Waals surface area contributed by atoms with Crippen LogP contribution in [0.3, 0.4) is 0 Å². The quantitative estimate of drug-likeness (QED) is 0.788. The summed E-state index contributed by atoms with van der Waals surface area (Å²) in [5.74, 6) is 0. The molecule has 1 aliphatic heterocycles. The molecule has 3 heteroatoms. The first-order chi connectivity index (χ1) is 8.07. The van der Waals surface area contributed by atoms with E-state index in [0.29, 0.717) is 5.41 Å². The van der Waals surface area contributed by atoms with E-state index >= 15 is 0 Å². The fourth-order valence-corrected chi connectivity index (χ4v) is 2.30. The minimum Gasteiger partial charge on any atom is -0.399 e. The molecule has 0 aliphatic carbocycles. The molecule has 0 aromatic heterocycles. The predicted molar refractivity (Wildman–Crippen MR) is 74.2 cm³/mol. The van der Waals surface area contributed by atoms with Crippen molar-refractivity contribution in [3.63, 3.8) is 0 Å². The highest BCUT2D eigenvalue weighted by Gasteiger charge is 2.28. The molecule has 3 nitrogen and oxygen atoms in total. The number of rotatable bonds is 3. The summed E-state index contributed by atoms with van der Waals surface area (Å²) in [5, 5.41) is 3.51. The second-order valence-electron chi connectivity index (χ2n) is 5.59. The van der Waals surface area contributed by atoms with E-state index in [1.165, 1.54) is 25.9 Å². The molecule has 0 bridgehead atoms. The van der Waals surface area contributed by atoms with Gasteiger partial charge in [0.25, 0.3) is 0 Å². The lowest BCUT2D eigenvalue weighted by molar-refractivity contribution is 0.150. The summed E-state index contributed by atoms with van der Waals surface area (Å²) in [7, 11) is 2.20. The number of anilines is 2. The number of piperidine rings is 1. The lowest BCUT2D eigenvalue weighted by atomic mass is 9.80. The van der Waals surface area contributed by atoms with Gasteiger partial charge in [0.15, 0.2) is 0 Å². The van der Waals surface area contributed by atoms with Crippen LogP contribution in [0, 0.1) is 5.41 Å². The highest BCUT2D eigenvalue weighted by molar-refractivity contribution is 5.54. The Morgan fingerprint density at radius 1 is 1.35 bits per heavy atom. The van der Waals surface area contributed by atoms with Gasteiger partial charge in [-0.15, -0.1) is 0 Å². The van der Waals surface area contributed by atoms with Crippen LogP contribution in [0.1, 0.15) is 19.8 Å². The maximum absolute atomic E-state index is 5.77. The Kier molecular flexibility index (Phi) is 3.57. The largest absolute Gasteiger partial charge is 0.399 e. The van der Waals surface area contributed by atoms with Gasteiger partial charge in [-0.3, -0.25) is 0 Å². The topological polar surface area (TPSA) is 41.3 Å². The zero-order valence-electron chi connectivity index (χ0n) is 10.9. The van der Waals surface area contributed by atoms with Gasteiger partial charge in [-0.1, -0.05) is 13.0 Å². The molecule has 94 valence electrons. The van der Waals surface area contributed by atoms with E-state index in [0.717, 1.165) is 17.9 Å². The molecule has 1 aliphatic rings. The van der Waals surface area contributed by atoms with E-state index in [2.05, 4.69) is 30.3 Å². The van der Waals surface area contributed by atoms with Crippen molar-refractivity contribution in [1.82, 2.24) is 4.90 Å². The Bertz CT molecular complexity index is 367. The Labute approximate surface area is 104 Å². The van der Waals surface area contributed by atoms with E-state index < -0.39 is 0 Å². The summed E-state index contributed by atoms with van der Waals surface area (Å²) >= 11 is 0. The van der Waals surface area contributed by atoms with Crippen LogP contribution in [0.25, 0.3) is 0 Å². The van der Waals surface area contributed by atoms with Gasteiger partial charge in [-0.25, -0.2) is 0 Å². The normalized spacial score (nSPS) is 20.1. The van der Waals surface area contributed by atoms with Gasteiger partial charge in [0, 0.05) is 17.9 Å². The molecular weight excluding hydrogens is 210 g/mol. The number of hydrogen-bond donors (Lipinski definition) is 2. The van der Waals surface area contributed by atoms with E-state index in [4.69, 9.17) is 5.73 Å². The highest BCUT2D eigenvalue weighted by Crippen LogP contribution is 2.30. The Morgan fingerprint density at radius 3 is 2.71 bits per heavy atom. The molecule has 1 aromatic carbocycles. The SMILES string of the molecule is CN1CCC(C)(CNc2cccc(N)c2)CC1. The summed E-state index contributed by atoms with van der Waals surface area (Å²) < 4.78 is 0. The summed E-state index contributed by atoms with van der Waals surface area (Å²) in [4.78, 5) is 2.41. The van der Waals surface area contributed by atoms with Crippen LogP contribution in [-0.2, 0) is 0 Å². The maximum Gasteiger partial charge on any atom is 0.0360 e. The van der Waals surface area contributed by atoms with E-state index in [9.17, 15) is 0 Å². The third-order valence-corrected chi connectivity index (χ3v) is 3.80. The van der Waals surface area contributed by atoms with Crippen molar-refractivity contribution in [3.05, 3.63) is 24.3 Å². The molecule has 0 radical (unpaired) electrons. The Balaban J connectivity index is 1.89. The smallest absolute Gasteiger partial charge is 0.0360 e. The second kappa shape index (κ2) is 4.96. The van der Waals surface area contributed by atoms with Crippen LogP contribution < -0.4 is 11.1 Å². The van der Waals surface area contributed by atoms with Crippen molar-refractivity contribution < 1.29 is 0 Å². The first-order valence-electron chi connectivity index (χ1n) is 6.35. The molecule has 0 saturated carbocycles. The molecular formula is C14H23N3. The fourth-order valence-electron chi connectivity index (χ4n) is 2.30. The minimum absolute atomic E-state index is 0.414. The number of benzene rings is 1. The predicted octanol–water partition coefficient (Wildman–Crippen LogP) is 2.41. The first kappa shape index (κ1) is 12.2. The molecule has 0 amide bonds. The Morgan fingerprint density at radius 2 is 2.06 bits per heavy atom. The maximum atomic E-state index is 5.77. The molecule has 17 heavy (non-hydrogen) atoms. The zero-order chi connectivity index (χ0) is 12.3. The molecule has 1 fully saturated rings. The number of likely N-dealkylation sites (tertiary alicyclic amines) is 1. The number of hydrogen-bond acceptors (Lipinski definition) is 3. The molecule has 1 saturated heterocycles. The van der Waals surface area contributed by atoms with Crippen LogP contribution in [-0.4, -0.2) is 31.6 Å². The first-order valence-corrected chi connectivity index (χ1v) is 6.35. The van der Waals surface area contributed by atoms with Gasteiger partial charge >= 0.3 is 0 Å². The fraction of sp³-hybridized carbons (Fsp3) is 0.571. The molecule has 0 atom stereocenters. The van der Waals surface area contributed by atoms with Crippen molar-refractivity contribution in [3.8, 4) is 0 Å². The van der Waals surface area contributed by atoms with Gasteiger partial charge in [-0.2, -0.15) is 0 Å². The van der Waals surface area contributed by atoms with E-state index in [1.807, 2.05) is 18.2 Å². The zero-order valence-corrected chi connectivity index (χ0v) is 10.9. The van der Waals surface area contributed by atoms with Crippen molar-refractivity contribution in [2.45, 2.75) is 19.8 Å². The highest BCUT2D eigenvalue weighted by atomic mass is 15.1. The average Bonchev–Trinajstić information content (AvgIpc) is 2.31. The molecule has 1 heterocycles. The lowest BCUT2D eigenvalue weighted by Gasteiger charge is -2.38. The lowest BCUT2D eigenvalue weighted by Crippen LogP contribution is -2.40. The molecule has 1 aromatic rings. The van der Waals surface area contributed by atoms with Crippen LogP contribution in [0.5, 0.6) is 0 Å². The third-order valence-electron chi connectivity index (χ3n) is 3.80. The van der Waals surface area contributed by atoms with Gasteiger partial charge in [-0.05, 0) is 56.6 Å². The van der Waals surface area contributed by atoms with Crippen molar-refractivity contribution in [1.29, 1.82) is 0 Å². The summed E-state index contributed by atoms with van der Waals surface area (Å²) in [6.45, 7) is 5.81. The summed E-state index contributed by atoms with van der Waals surface area (Å²) in [5.41, 5.74) is 8.14. The van der Waals surface area contributed by atoms with E-state index in [1.54, 1.807) is 0 Å². The van der Waals surface area contributed by atoms with Crippen molar-refractivity contribution >= 4 is 11.4 Å². The van der Waals surface area contributed by atoms with Crippen molar-refractivity contribution in [2.75, 3.05) is 37.7 Å². The van der Waals surface area contributed by atoms with Crippen molar-refractivity contribution in [2.24, 2.45) is 5.41 Å². The van der Waals surface area contributed by atoms with Gasteiger partial charge in [0.05, 0.1) is 0 Å². The number of nitrogens with one attached hydrogen (secondary N) is 1. The van der Waals surface area contributed by atoms with Gasteiger partial charge < -0.3 is 16.0 Å². The van der Waals surface area contributed by atoms with Gasteiger partial charge in [0.1, 0.15) is 0 Å². The molecule has 3 N–H and O–H groups in total. The van der Waals surface area contributed by atoms with Crippen LogP contribution in [0.2, 0.25) is 0 Å². The number of nitrogens with zero attached hydrogens (tertiary/aromatic N) is 1. The van der Waals surface area contributed by atoms with Crippen LogP contribution >= 0.6 is 0 Å². The molecule has 0 spiro atoms. The standard InChI is InChI=1S/C14H23N3/c1-14(6-8-17(2)9-7-14)11-16-13-5-3-4-12(15)10-13/h3-5,10,16H,6-9,11,15H2,1-2H3. The summed E-state index contributed by atoms with van der Waals surface area (Å²) in [6, 6.07) is 7.99. The average molecular weight is 233 g/mol. The third kappa shape index (κ3) is 3.37. The minimum atomic E-state index is 0.414. The number of nitrogens with two attached hydrogens (primary N) is 1.